The number of aromatic nitrogens is 5. The third-order valence-corrected chi connectivity index (χ3v) is 5.60. The third-order valence-electron chi connectivity index (χ3n) is 4.64. The monoisotopic (exact) mass is 472 g/mol. The Balaban J connectivity index is 1.74. The molecule has 1 N–H and O–H groups in total. The lowest BCUT2D eigenvalue weighted by atomic mass is 10.2. The van der Waals surface area contributed by atoms with Gasteiger partial charge in [0.05, 0.1) is 30.2 Å². The first kappa shape index (κ1) is 24.3. The van der Waals surface area contributed by atoms with Crippen molar-refractivity contribution in [1.29, 1.82) is 0 Å². The molecule has 0 saturated carbocycles. The fourth-order valence-corrected chi connectivity index (χ4v) is 3.94. The Hall–Kier alpha value is -3.34. The van der Waals surface area contributed by atoms with E-state index in [1.807, 2.05) is 31.5 Å². The lowest BCUT2D eigenvalue weighted by molar-refractivity contribution is -0.113. The van der Waals surface area contributed by atoms with Gasteiger partial charge in [0, 0.05) is 19.3 Å². The molecule has 3 rings (SSSR count). The van der Waals surface area contributed by atoms with Crippen molar-refractivity contribution in [3.05, 3.63) is 36.0 Å². The summed E-state index contributed by atoms with van der Waals surface area (Å²) >= 11 is 1.26. The van der Waals surface area contributed by atoms with Crippen LogP contribution in [0.5, 0.6) is 5.88 Å². The molecule has 33 heavy (non-hydrogen) atoms. The summed E-state index contributed by atoms with van der Waals surface area (Å²) in [6, 6.07) is 6.76. The van der Waals surface area contributed by atoms with Gasteiger partial charge in [-0.1, -0.05) is 23.9 Å². The summed E-state index contributed by atoms with van der Waals surface area (Å²) in [5, 5.41) is 16.4. The summed E-state index contributed by atoms with van der Waals surface area (Å²) < 4.78 is 14.4. The maximum atomic E-state index is 12.6. The van der Waals surface area contributed by atoms with Crippen LogP contribution in [0.2, 0.25) is 0 Å². The van der Waals surface area contributed by atoms with Gasteiger partial charge in [-0.3, -0.25) is 9.48 Å². The van der Waals surface area contributed by atoms with Crippen LogP contribution in [0.3, 0.4) is 0 Å². The minimum atomic E-state index is -0.478. The number of benzene rings is 1. The average molecular weight is 473 g/mol. The molecular weight excluding hydrogens is 444 g/mol. The van der Waals surface area contributed by atoms with E-state index in [2.05, 4.69) is 20.6 Å². The largest absolute Gasteiger partial charge is 0.476 e. The normalized spacial score (nSPS) is 10.8. The highest BCUT2D eigenvalue weighted by atomic mass is 32.2. The lowest BCUT2D eigenvalue weighted by Gasteiger charge is -2.10. The van der Waals surface area contributed by atoms with E-state index in [4.69, 9.17) is 9.47 Å². The van der Waals surface area contributed by atoms with Crippen LogP contribution >= 0.6 is 11.8 Å². The molecule has 1 aromatic carbocycles. The summed E-state index contributed by atoms with van der Waals surface area (Å²) in [7, 11) is 0. The summed E-state index contributed by atoms with van der Waals surface area (Å²) in [5.74, 6) is 0.497. The lowest BCUT2D eigenvalue weighted by Crippen LogP contribution is -2.17. The minimum absolute atomic E-state index is 0.0990. The number of rotatable bonds is 11. The fourth-order valence-electron chi connectivity index (χ4n) is 3.14. The minimum Gasteiger partial charge on any atom is -0.476 e. The maximum Gasteiger partial charge on any atom is 0.340 e. The number of amides is 1. The van der Waals surface area contributed by atoms with E-state index in [0.717, 1.165) is 5.56 Å². The van der Waals surface area contributed by atoms with Crippen LogP contribution in [0.4, 0.5) is 5.69 Å². The van der Waals surface area contributed by atoms with Crippen molar-refractivity contribution >= 4 is 29.3 Å². The number of ether oxygens (including phenoxy) is 2. The first-order valence-corrected chi connectivity index (χ1v) is 11.8. The molecule has 0 aliphatic carbocycles. The number of carbonyl (C=O) groups is 2. The number of hydrogen-bond acceptors (Lipinski definition) is 8. The zero-order chi connectivity index (χ0) is 23.8. The van der Waals surface area contributed by atoms with E-state index in [1.165, 1.54) is 11.8 Å². The number of anilines is 1. The Labute approximate surface area is 196 Å². The van der Waals surface area contributed by atoms with Crippen molar-refractivity contribution in [2.24, 2.45) is 0 Å². The first-order valence-electron chi connectivity index (χ1n) is 10.8. The number of nitrogens with one attached hydrogen (secondary N) is 1. The van der Waals surface area contributed by atoms with Crippen molar-refractivity contribution in [1.82, 2.24) is 24.5 Å². The molecule has 10 nitrogen and oxygen atoms in total. The second-order valence-electron chi connectivity index (χ2n) is 6.79. The highest BCUT2D eigenvalue weighted by molar-refractivity contribution is 7.99. The van der Waals surface area contributed by atoms with E-state index in [9.17, 15) is 9.59 Å². The molecule has 0 spiro atoms. The van der Waals surface area contributed by atoms with E-state index in [1.54, 1.807) is 35.9 Å². The zero-order valence-corrected chi connectivity index (χ0v) is 20.0. The van der Waals surface area contributed by atoms with Gasteiger partial charge in [0.25, 0.3) is 0 Å². The predicted molar refractivity (Wildman–Crippen MR) is 126 cm³/mol. The zero-order valence-electron chi connectivity index (χ0n) is 19.2. The first-order chi connectivity index (χ1) is 16.0. The van der Waals surface area contributed by atoms with Gasteiger partial charge in [-0.05, 0) is 39.8 Å². The van der Waals surface area contributed by atoms with Crippen LogP contribution in [-0.4, -0.2) is 55.4 Å². The van der Waals surface area contributed by atoms with Crippen molar-refractivity contribution in [2.75, 3.05) is 24.3 Å². The van der Waals surface area contributed by atoms with Crippen molar-refractivity contribution in [3.63, 3.8) is 0 Å². The van der Waals surface area contributed by atoms with Crippen LogP contribution in [0.15, 0.2) is 35.6 Å². The summed E-state index contributed by atoms with van der Waals surface area (Å²) in [4.78, 5) is 24.7. The SMILES string of the molecule is CCOC(=O)c1ccccc1NC(=O)CSc1nnc(-c2cn(CC)nc2OCC)n1CC. The molecule has 0 radical (unpaired) electrons. The molecule has 0 fully saturated rings. The molecule has 2 aromatic heterocycles. The molecule has 0 atom stereocenters. The standard InChI is InChI=1S/C22H28N6O4S/c1-5-27-13-16(20(26-27)31-7-3)19-24-25-22(28(19)6-2)33-14-18(29)23-17-12-10-9-11-15(17)21(30)32-8-4/h9-13H,5-8,14H2,1-4H3,(H,23,29). The van der Waals surface area contributed by atoms with Crippen molar-refractivity contribution in [2.45, 2.75) is 45.9 Å². The molecule has 3 aromatic rings. The molecule has 0 saturated heterocycles. The summed E-state index contributed by atoms with van der Waals surface area (Å²) in [5.41, 5.74) is 1.48. The third kappa shape index (κ3) is 5.72. The van der Waals surface area contributed by atoms with Crippen LogP contribution in [0.25, 0.3) is 11.4 Å². The van der Waals surface area contributed by atoms with Crippen LogP contribution < -0.4 is 10.1 Å². The Bertz CT molecular complexity index is 1110. The quantitative estimate of drug-likeness (QED) is 0.333. The van der Waals surface area contributed by atoms with E-state index >= 15 is 0 Å². The van der Waals surface area contributed by atoms with E-state index < -0.39 is 5.97 Å². The van der Waals surface area contributed by atoms with Crippen molar-refractivity contribution in [3.8, 4) is 17.3 Å². The maximum absolute atomic E-state index is 12.6. The van der Waals surface area contributed by atoms with Gasteiger partial charge in [0.15, 0.2) is 11.0 Å². The highest BCUT2D eigenvalue weighted by Gasteiger charge is 2.21. The molecule has 0 unspecified atom stereocenters. The number of nitrogens with zero attached hydrogens (tertiary/aromatic N) is 5. The number of hydrogen-bond donors (Lipinski definition) is 1. The number of carbonyl (C=O) groups excluding carboxylic acids is 2. The van der Waals surface area contributed by atoms with Gasteiger partial charge < -0.3 is 19.4 Å². The van der Waals surface area contributed by atoms with Gasteiger partial charge in [-0.15, -0.1) is 15.3 Å². The molecule has 11 heteroatoms. The number of esters is 1. The van der Waals surface area contributed by atoms with Crippen molar-refractivity contribution < 1.29 is 19.1 Å². The predicted octanol–water partition coefficient (Wildman–Crippen LogP) is 3.49. The van der Waals surface area contributed by atoms with Gasteiger partial charge in [-0.2, -0.15) is 0 Å². The van der Waals surface area contributed by atoms with Crippen LogP contribution in [-0.2, 0) is 22.6 Å². The molecule has 1 amide bonds. The molecule has 0 aliphatic rings. The Morgan fingerprint density at radius 2 is 1.85 bits per heavy atom. The second kappa shape index (κ2) is 11.5. The smallest absolute Gasteiger partial charge is 0.340 e. The Morgan fingerprint density at radius 1 is 1.06 bits per heavy atom. The molecule has 0 bridgehead atoms. The fraction of sp³-hybridized carbons (Fsp3) is 0.409. The summed E-state index contributed by atoms with van der Waals surface area (Å²) in [6.07, 6.45) is 1.88. The van der Waals surface area contributed by atoms with Gasteiger partial charge >= 0.3 is 5.97 Å². The number of para-hydroxylation sites is 1. The van der Waals surface area contributed by atoms with E-state index in [-0.39, 0.29) is 18.3 Å². The molecule has 176 valence electrons. The van der Waals surface area contributed by atoms with Gasteiger partial charge in [0.2, 0.25) is 11.8 Å². The second-order valence-corrected chi connectivity index (χ2v) is 7.73. The van der Waals surface area contributed by atoms with Gasteiger partial charge in [0.1, 0.15) is 5.56 Å². The average Bonchev–Trinajstić information content (AvgIpc) is 3.41. The Kier molecular flexibility index (Phi) is 8.47. The molecule has 2 heterocycles. The van der Waals surface area contributed by atoms with E-state index in [0.29, 0.717) is 47.8 Å². The highest BCUT2D eigenvalue weighted by Crippen LogP contribution is 2.30. The Morgan fingerprint density at radius 3 is 2.55 bits per heavy atom. The molecule has 0 aliphatic heterocycles. The van der Waals surface area contributed by atoms with Crippen LogP contribution in [0, 0.1) is 0 Å². The van der Waals surface area contributed by atoms with Gasteiger partial charge in [-0.25, -0.2) is 4.79 Å². The molecular formula is C22H28N6O4S. The number of aryl methyl sites for hydroxylation is 1. The summed E-state index contributed by atoms with van der Waals surface area (Å²) in [6.45, 7) is 9.68. The topological polar surface area (TPSA) is 113 Å². The number of thioether (sulfide) groups is 1. The van der Waals surface area contributed by atoms with Crippen LogP contribution in [0.1, 0.15) is 38.1 Å².